The molecule has 0 aliphatic heterocycles. The van der Waals surface area contributed by atoms with E-state index < -0.39 is 12.1 Å². The molecule has 0 saturated heterocycles. The Kier molecular flexibility index (Phi) is 33.5. The minimum atomic E-state index is -0.869. The molecule has 0 bridgehead atoms. The zero-order valence-corrected chi connectivity index (χ0v) is 28.5. The van der Waals surface area contributed by atoms with Crippen LogP contribution in [0.3, 0.4) is 0 Å². The number of hydrogen-bond donors (Lipinski definition) is 3. The Morgan fingerprint density at radius 1 is 0.535 bits per heavy atom. The Balaban J connectivity index is 3.69. The summed E-state index contributed by atoms with van der Waals surface area (Å²) in [4.78, 5) is 12.3. The molecule has 2 unspecified atom stereocenters. The zero-order valence-electron chi connectivity index (χ0n) is 28.5. The van der Waals surface area contributed by atoms with Gasteiger partial charge in [-0.25, -0.2) is 0 Å². The lowest BCUT2D eigenvalue weighted by atomic mass is 10.1. The molecule has 0 aromatic carbocycles. The number of hydrogen-bond acceptors (Lipinski definition) is 3. The van der Waals surface area contributed by atoms with Crippen LogP contribution in [0.5, 0.6) is 0 Å². The molecule has 43 heavy (non-hydrogen) atoms. The second kappa shape index (κ2) is 34.8. The summed E-state index contributed by atoms with van der Waals surface area (Å²) in [5.41, 5.74) is 0. The van der Waals surface area contributed by atoms with E-state index in [1.54, 1.807) is 6.08 Å². The van der Waals surface area contributed by atoms with E-state index >= 15 is 0 Å². The minimum Gasteiger partial charge on any atom is -0.394 e. The number of carbonyl (C=O) groups excluding carboxylic acids is 1. The van der Waals surface area contributed by atoms with E-state index in [2.05, 4.69) is 55.6 Å². The average molecular weight is 602 g/mol. The lowest BCUT2D eigenvalue weighted by molar-refractivity contribution is -0.123. The molecule has 1 amide bonds. The van der Waals surface area contributed by atoms with Crippen LogP contribution in [0.2, 0.25) is 0 Å². The van der Waals surface area contributed by atoms with Crippen LogP contribution in [0, 0.1) is 0 Å². The maximum absolute atomic E-state index is 12.3. The Bertz CT molecular complexity index is 697. The lowest BCUT2D eigenvalue weighted by Gasteiger charge is -2.19. The predicted molar refractivity (Wildman–Crippen MR) is 188 cm³/mol. The van der Waals surface area contributed by atoms with Crippen molar-refractivity contribution in [2.75, 3.05) is 6.61 Å². The van der Waals surface area contributed by atoms with Gasteiger partial charge in [-0.1, -0.05) is 146 Å². The van der Waals surface area contributed by atoms with Crippen molar-refractivity contribution < 1.29 is 15.0 Å². The first kappa shape index (κ1) is 41.4. The Morgan fingerprint density at radius 3 is 1.40 bits per heavy atom. The average Bonchev–Trinajstić information content (AvgIpc) is 3.01. The summed E-state index contributed by atoms with van der Waals surface area (Å²) in [7, 11) is 0. The van der Waals surface area contributed by atoms with E-state index in [1.807, 2.05) is 6.08 Å². The fourth-order valence-corrected chi connectivity index (χ4v) is 5.14. The molecule has 0 aliphatic carbocycles. The number of rotatable bonds is 32. The molecule has 2 atom stereocenters. The number of allylic oxidation sites excluding steroid dienone is 7. The van der Waals surface area contributed by atoms with Gasteiger partial charge < -0.3 is 15.5 Å². The first-order valence-electron chi connectivity index (χ1n) is 18.4. The fourth-order valence-electron chi connectivity index (χ4n) is 5.14. The standard InChI is InChI=1S/C39H71NO3/c1-3-5-7-9-11-13-15-17-18-19-20-21-23-25-27-29-31-33-35-39(43)40-37(36-41)38(42)34-32-30-28-26-24-22-16-14-12-10-8-6-4-2/h12,14,18-19,24,26,32,34,37-38,41-42H,3-11,13,15-17,20-23,25,27-31,33,35-36H2,1-2H3,(H,40,43)/b14-12+,19-18-,26-24+,34-32+. The third kappa shape index (κ3) is 31.6. The summed E-state index contributed by atoms with van der Waals surface area (Å²) in [5.74, 6) is -0.0860. The van der Waals surface area contributed by atoms with Crippen LogP contribution in [0.15, 0.2) is 48.6 Å². The van der Waals surface area contributed by atoms with Crippen LogP contribution in [0.1, 0.15) is 174 Å². The number of nitrogens with one attached hydrogen (secondary N) is 1. The monoisotopic (exact) mass is 602 g/mol. The van der Waals surface area contributed by atoms with Crippen LogP contribution in [-0.2, 0) is 4.79 Å². The molecule has 0 heterocycles. The molecule has 4 heteroatoms. The van der Waals surface area contributed by atoms with Crippen molar-refractivity contribution in [3.63, 3.8) is 0 Å². The van der Waals surface area contributed by atoms with Gasteiger partial charge in [-0.2, -0.15) is 0 Å². The quantitative estimate of drug-likeness (QED) is 0.0530. The van der Waals surface area contributed by atoms with E-state index in [0.29, 0.717) is 6.42 Å². The van der Waals surface area contributed by atoms with E-state index in [-0.39, 0.29) is 12.5 Å². The van der Waals surface area contributed by atoms with Gasteiger partial charge in [0, 0.05) is 6.42 Å². The van der Waals surface area contributed by atoms with Crippen molar-refractivity contribution in [2.45, 2.75) is 187 Å². The predicted octanol–water partition coefficient (Wildman–Crippen LogP) is 10.8. The number of unbranched alkanes of at least 4 members (excludes halogenated alkanes) is 19. The molecule has 0 saturated carbocycles. The Hall–Kier alpha value is -1.65. The molecule has 0 aromatic heterocycles. The van der Waals surface area contributed by atoms with Crippen molar-refractivity contribution in [3.8, 4) is 0 Å². The SMILES string of the molecule is CCCCC/C=C/CC/C=C/CC/C=C/C(O)C(CO)NC(=O)CCCCCCCCC/C=C\CCCCCCCCC. The van der Waals surface area contributed by atoms with E-state index in [1.165, 1.54) is 116 Å². The molecule has 0 aromatic rings. The maximum atomic E-state index is 12.3. The molecule has 0 aliphatic rings. The lowest BCUT2D eigenvalue weighted by Crippen LogP contribution is -2.45. The summed E-state index contributed by atoms with van der Waals surface area (Å²) < 4.78 is 0. The summed E-state index contributed by atoms with van der Waals surface area (Å²) in [6, 6.07) is -0.645. The molecule has 0 radical (unpaired) electrons. The third-order valence-electron chi connectivity index (χ3n) is 8.01. The molecule has 3 N–H and O–H groups in total. The molecule has 0 spiro atoms. The van der Waals surface area contributed by atoms with Gasteiger partial charge in [0.2, 0.25) is 5.91 Å². The van der Waals surface area contributed by atoms with Crippen molar-refractivity contribution in [3.05, 3.63) is 48.6 Å². The molecule has 0 rings (SSSR count). The van der Waals surface area contributed by atoms with Gasteiger partial charge in [-0.05, 0) is 70.6 Å². The smallest absolute Gasteiger partial charge is 0.220 e. The highest BCUT2D eigenvalue weighted by Gasteiger charge is 2.17. The minimum absolute atomic E-state index is 0.0860. The van der Waals surface area contributed by atoms with Gasteiger partial charge in [-0.15, -0.1) is 0 Å². The van der Waals surface area contributed by atoms with Gasteiger partial charge in [0.15, 0.2) is 0 Å². The number of carbonyl (C=O) groups is 1. The Morgan fingerprint density at radius 2 is 0.907 bits per heavy atom. The third-order valence-corrected chi connectivity index (χ3v) is 8.01. The number of amides is 1. The van der Waals surface area contributed by atoms with Gasteiger partial charge in [0.05, 0.1) is 18.8 Å². The fraction of sp³-hybridized carbons (Fsp3) is 0.769. The summed E-state index contributed by atoms with van der Waals surface area (Å²) in [6.07, 6.45) is 46.2. The maximum Gasteiger partial charge on any atom is 0.220 e. The van der Waals surface area contributed by atoms with E-state index in [4.69, 9.17) is 0 Å². The van der Waals surface area contributed by atoms with Crippen LogP contribution < -0.4 is 5.32 Å². The molecule has 250 valence electrons. The second-order valence-electron chi connectivity index (χ2n) is 12.3. The zero-order chi connectivity index (χ0) is 31.5. The second-order valence-corrected chi connectivity index (χ2v) is 12.3. The van der Waals surface area contributed by atoms with Gasteiger partial charge in [0.1, 0.15) is 0 Å². The molecular weight excluding hydrogens is 530 g/mol. The molecule has 0 fully saturated rings. The van der Waals surface area contributed by atoms with E-state index in [9.17, 15) is 15.0 Å². The molecule has 4 nitrogen and oxygen atoms in total. The highest BCUT2D eigenvalue weighted by Crippen LogP contribution is 2.12. The largest absolute Gasteiger partial charge is 0.394 e. The highest BCUT2D eigenvalue weighted by atomic mass is 16.3. The van der Waals surface area contributed by atoms with Crippen molar-refractivity contribution in [2.24, 2.45) is 0 Å². The summed E-state index contributed by atoms with van der Waals surface area (Å²) >= 11 is 0. The van der Waals surface area contributed by atoms with Crippen molar-refractivity contribution in [1.29, 1.82) is 0 Å². The first-order chi connectivity index (χ1) is 21.2. The van der Waals surface area contributed by atoms with Crippen LogP contribution in [-0.4, -0.2) is 34.9 Å². The van der Waals surface area contributed by atoms with Crippen LogP contribution in [0.4, 0.5) is 0 Å². The van der Waals surface area contributed by atoms with E-state index in [0.717, 1.165) is 38.5 Å². The highest BCUT2D eigenvalue weighted by molar-refractivity contribution is 5.76. The van der Waals surface area contributed by atoms with Crippen LogP contribution in [0.25, 0.3) is 0 Å². The summed E-state index contributed by atoms with van der Waals surface area (Å²) in [6.45, 7) is 4.24. The first-order valence-corrected chi connectivity index (χ1v) is 18.4. The number of aliphatic hydroxyl groups is 2. The summed E-state index contributed by atoms with van der Waals surface area (Å²) in [5, 5.41) is 22.8. The number of aliphatic hydroxyl groups excluding tert-OH is 2. The van der Waals surface area contributed by atoms with Gasteiger partial charge >= 0.3 is 0 Å². The van der Waals surface area contributed by atoms with Gasteiger partial charge in [0.25, 0.3) is 0 Å². The topological polar surface area (TPSA) is 69.6 Å². The van der Waals surface area contributed by atoms with Crippen LogP contribution >= 0.6 is 0 Å². The van der Waals surface area contributed by atoms with Crippen molar-refractivity contribution in [1.82, 2.24) is 5.32 Å². The normalized spacial score (nSPS) is 13.7. The Labute approximate surface area is 267 Å². The van der Waals surface area contributed by atoms with Crippen molar-refractivity contribution >= 4 is 5.91 Å². The molecular formula is C39H71NO3. The van der Waals surface area contributed by atoms with Gasteiger partial charge in [-0.3, -0.25) is 4.79 Å².